The minimum Gasteiger partial charge on any atom is -0.365 e. The van der Waals surface area contributed by atoms with E-state index in [1.807, 2.05) is 6.07 Å². The summed E-state index contributed by atoms with van der Waals surface area (Å²) in [6.07, 6.45) is 0. The van der Waals surface area contributed by atoms with Gasteiger partial charge >= 0.3 is 0 Å². The molecule has 20 heavy (non-hydrogen) atoms. The molecule has 108 valence electrons. The highest BCUT2D eigenvalue weighted by Gasteiger charge is 2.19. The Morgan fingerprint density at radius 3 is 2.45 bits per heavy atom. The SMILES string of the molecule is Cc1ccc(CNc2cc(NN)nc(C(C)(C)C)n2)s1. The van der Waals surface area contributed by atoms with Crippen molar-refractivity contribution in [3.63, 3.8) is 0 Å². The Labute approximate surface area is 123 Å². The summed E-state index contributed by atoms with van der Waals surface area (Å²) in [4.78, 5) is 11.5. The zero-order valence-corrected chi connectivity index (χ0v) is 13.1. The van der Waals surface area contributed by atoms with Crippen molar-refractivity contribution in [2.24, 2.45) is 5.84 Å². The van der Waals surface area contributed by atoms with Gasteiger partial charge in [-0.2, -0.15) is 0 Å². The van der Waals surface area contributed by atoms with Crippen molar-refractivity contribution in [1.82, 2.24) is 9.97 Å². The maximum atomic E-state index is 5.48. The predicted octanol–water partition coefficient (Wildman–Crippen LogP) is 3.04. The molecule has 0 unspecified atom stereocenters. The van der Waals surface area contributed by atoms with Crippen molar-refractivity contribution in [2.45, 2.75) is 39.7 Å². The van der Waals surface area contributed by atoms with Crippen LogP contribution in [0.25, 0.3) is 0 Å². The summed E-state index contributed by atoms with van der Waals surface area (Å²) in [5.41, 5.74) is 2.47. The molecule has 4 N–H and O–H groups in total. The molecule has 2 heterocycles. The minimum absolute atomic E-state index is 0.122. The number of nitrogens with zero attached hydrogens (tertiary/aromatic N) is 2. The second-order valence-corrected chi connectivity index (χ2v) is 7.09. The predicted molar refractivity (Wildman–Crippen MR) is 84.9 cm³/mol. The van der Waals surface area contributed by atoms with Crippen molar-refractivity contribution in [3.05, 3.63) is 33.8 Å². The highest BCUT2D eigenvalue weighted by molar-refractivity contribution is 7.11. The summed E-state index contributed by atoms with van der Waals surface area (Å²) in [7, 11) is 0. The van der Waals surface area contributed by atoms with Gasteiger partial charge in [0.05, 0.1) is 6.54 Å². The molecule has 0 amide bonds. The number of aryl methyl sites for hydroxylation is 1. The molecule has 0 spiro atoms. The third-order valence-electron chi connectivity index (χ3n) is 2.78. The normalized spacial score (nSPS) is 11.4. The van der Waals surface area contributed by atoms with Gasteiger partial charge in [0.15, 0.2) is 0 Å². The lowest BCUT2D eigenvalue weighted by atomic mass is 9.96. The molecule has 5 nitrogen and oxygen atoms in total. The van der Waals surface area contributed by atoms with Gasteiger partial charge in [-0.05, 0) is 19.1 Å². The number of hydrogen-bond donors (Lipinski definition) is 3. The van der Waals surface area contributed by atoms with Crippen LogP contribution in [0.1, 0.15) is 36.3 Å². The largest absolute Gasteiger partial charge is 0.365 e. The average molecular weight is 291 g/mol. The van der Waals surface area contributed by atoms with E-state index in [-0.39, 0.29) is 5.41 Å². The molecule has 2 aromatic rings. The maximum Gasteiger partial charge on any atom is 0.145 e. The smallest absolute Gasteiger partial charge is 0.145 e. The number of rotatable bonds is 4. The molecular weight excluding hydrogens is 270 g/mol. The molecule has 6 heteroatoms. The van der Waals surface area contributed by atoms with Gasteiger partial charge in [0.1, 0.15) is 17.5 Å². The van der Waals surface area contributed by atoms with Crippen LogP contribution in [-0.2, 0) is 12.0 Å². The van der Waals surface area contributed by atoms with Crippen molar-refractivity contribution in [2.75, 3.05) is 10.7 Å². The van der Waals surface area contributed by atoms with E-state index in [0.29, 0.717) is 5.82 Å². The number of nitrogens with one attached hydrogen (secondary N) is 2. The first kappa shape index (κ1) is 14.7. The van der Waals surface area contributed by atoms with Gasteiger partial charge in [0.25, 0.3) is 0 Å². The molecule has 0 atom stereocenters. The van der Waals surface area contributed by atoms with Crippen LogP contribution in [-0.4, -0.2) is 9.97 Å². The van der Waals surface area contributed by atoms with Gasteiger partial charge in [-0.3, -0.25) is 0 Å². The van der Waals surface area contributed by atoms with Crippen LogP contribution >= 0.6 is 11.3 Å². The molecule has 0 saturated heterocycles. The molecule has 0 saturated carbocycles. The van der Waals surface area contributed by atoms with E-state index < -0.39 is 0 Å². The number of hydrazine groups is 1. The summed E-state index contributed by atoms with van der Waals surface area (Å²) in [6, 6.07) is 6.06. The van der Waals surface area contributed by atoms with Crippen molar-refractivity contribution >= 4 is 23.0 Å². The Bertz CT molecular complexity index is 585. The van der Waals surface area contributed by atoms with Crippen molar-refractivity contribution < 1.29 is 0 Å². The topological polar surface area (TPSA) is 75.9 Å². The van der Waals surface area contributed by atoms with Gasteiger partial charge in [0, 0.05) is 21.2 Å². The number of nitrogen functional groups attached to an aromatic ring is 1. The Kier molecular flexibility index (Phi) is 4.25. The van der Waals surface area contributed by atoms with Crippen LogP contribution in [0.15, 0.2) is 18.2 Å². The molecule has 0 aromatic carbocycles. The van der Waals surface area contributed by atoms with E-state index in [1.165, 1.54) is 9.75 Å². The van der Waals surface area contributed by atoms with E-state index >= 15 is 0 Å². The molecule has 0 bridgehead atoms. The third-order valence-corrected chi connectivity index (χ3v) is 3.79. The van der Waals surface area contributed by atoms with Gasteiger partial charge < -0.3 is 10.7 Å². The van der Waals surface area contributed by atoms with E-state index in [1.54, 1.807) is 11.3 Å². The van der Waals surface area contributed by atoms with Crippen LogP contribution in [0.2, 0.25) is 0 Å². The lowest BCUT2D eigenvalue weighted by molar-refractivity contribution is 0.546. The third kappa shape index (κ3) is 3.68. The van der Waals surface area contributed by atoms with E-state index in [2.05, 4.69) is 60.5 Å². The first-order chi connectivity index (χ1) is 9.38. The van der Waals surface area contributed by atoms with Gasteiger partial charge in [-0.15, -0.1) is 11.3 Å². The minimum atomic E-state index is -0.122. The van der Waals surface area contributed by atoms with Crippen LogP contribution in [0.4, 0.5) is 11.6 Å². The summed E-state index contributed by atoms with van der Waals surface area (Å²) >= 11 is 1.78. The lowest BCUT2D eigenvalue weighted by Crippen LogP contribution is -2.19. The number of hydrogen-bond acceptors (Lipinski definition) is 6. The highest BCUT2D eigenvalue weighted by Crippen LogP contribution is 2.23. The number of anilines is 2. The fraction of sp³-hybridized carbons (Fsp3) is 0.429. The van der Waals surface area contributed by atoms with E-state index in [9.17, 15) is 0 Å². The highest BCUT2D eigenvalue weighted by atomic mass is 32.1. The number of thiophene rings is 1. The Balaban J connectivity index is 2.18. The average Bonchev–Trinajstić information content (AvgIpc) is 2.81. The molecule has 0 radical (unpaired) electrons. The summed E-state index contributed by atoms with van der Waals surface area (Å²) < 4.78 is 0. The summed E-state index contributed by atoms with van der Waals surface area (Å²) in [6.45, 7) is 9.09. The molecular formula is C14H21N5S. The standard InChI is InChI=1S/C14H21N5S/c1-9-5-6-10(20-9)8-16-11-7-12(19-15)18-13(17-11)14(2,3)4/h5-7H,8,15H2,1-4H3,(H2,16,17,18,19). The van der Waals surface area contributed by atoms with Crippen molar-refractivity contribution in [1.29, 1.82) is 0 Å². The molecule has 0 fully saturated rings. The second-order valence-electron chi connectivity index (χ2n) is 5.72. The maximum absolute atomic E-state index is 5.48. The first-order valence-electron chi connectivity index (χ1n) is 6.54. The van der Waals surface area contributed by atoms with Gasteiger partial charge in [-0.25, -0.2) is 15.8 Å². The van der Waals surface area contributed by atoms with Crippen LogP contribution < -0.4 is 16.6 Å². The molecule has 2 aromatic heterocycles. The fourth-order valence-corrected chi connectivity index (χ4v) is 2.54. The summed E-state index contributed by atoms with van der Waals surface area (Å²) in [5.74, 6) is 7.64. The quantitative estimate of drug-likeness (QED) is 0.596. The summed E-state index contributed by atoms with van der Waals surface area (Å²) in [5, 5.41) is 3.33. The molecule has 0 aliphatic rings. The van der Waals surface area contributed by atoms with Crippen molar-refractivity contribution in [3.8, 4) is 0 Å². The molecule has 0 aliphatic carbocycles. The zero-order chi connectivity index (χ0) is 14.8. The Hall–Kier alpha value is -1.66. The Morgan fingerprint density at radius 2 is 1.90 bits per heavy atom. The zero-order valence-electron chi connectivity index (χ0n) is 12.3. The first-order valence-corrected chi connectivity index (χ1v) is 7.35. The van der Waals surface area contributed by atoms with E-state index in [4.69, 9.17) is 5.84 Å². The fourth-order valence-electron chi connectivity index (χ4n) is 1.70. The molecule has 0 aliphatic heterocycles. The van der Waals surface area contributed by atoms with Crippen LogP contribution in [0.5, 0.6) is 0 Å². The van der Waals surface area contributed by atoms with Gasteiger partial charge in [0.2, 0.25) is 0 Å². The Morgan fingerprint density at radius 1 is 1.20 bits per heavy atom. The number of nitrogens with two attached hydrogens (primary N) is 1. The van der Waals surface area contributed by atoms with Crippen LogP contribution in [0.3, 0.4) is 0 Å². The monoisotopic (exact) mass is 291 g/mol. The second kappa shape index (κ2) is 5.76. The number of aromatic nitrogens is 2. The van der Waals surface area contributed by atoms with Crippen LogP contribution in [0, 0.1) is 6.92 Å². The molecule has 2 rings (SSSR count). The van der Waals surface area contributed by atoms with Gasteiger partial charge in [-0.1, -0.05) is 20.8 Å². The van der Waals surface area contributed by atoms with E-state index in [0.717, 1.165) is 18.2 Å². The lowest BCUT2D eigenvalue weighted by Gasteiger charge is -2.18.